The molecule has 0 amide bonds. The summed E-state index contributed by atoms with van der Waals surface area (Å²) in [6.45, 7) is 7.88. The summed E-state index contributed by atoms with van der Waals surface area (Å²) in [5.74, 6) is 0.211. The number of fused-ring (bicyclic) bond motifs is 3. The molecule has 0 N–H and O–H groups in total. The zero-order valence-corrected chi connectivity index (χ0v) is 19.0. The normalized spacial score (nSPS) is 14.4. The number of halogens is 1. The molecule has 4 aromatic rings. The van der Waals surface area contributed by atoms with Gasteiger partial charge in [-0.15, -0.1) is 0 Å². The molecule has 2 aromatic carbocycles. The summed E-state index contributed by atoms with van der Waals surface area (Å²) in [6.07, 6.45) is 2.77. The van der Waals surface area contributed by atoms with Crippen molar-refractivity contribution in [3.63, 3.8) is 0 Å². The lowest BCUT2D eigenvalue weighted by molar-refractivity contribution is 0.227. The van der Waals surface area contributed by atoms with Gasteiger partial charge in [0.2, 0.25) is 0 Å². The van der Waals surface area contributed by atoms with Crippen LogP contribution in [0.15, 0.2) is 71.7 Å². The number of hydrogen-bond donors (Lipinski definition) is 0. The second-order valence-corrected chi connectivity index (χ2v) is 8.90. The second-order valence-electron chi connectivity index (χ2n) is 8.90. The molecule has 0 aliphatic carbocycles. The van der Waals surface area contributed by atoms with Crippen LogP contribution in [0.1, 0.15) is 25.1 Å². The Morgan fingerprint density at radius 3 is 2.55 bits per heavy atom. The lowest BCUT2D eigenvalue weighted by Crippen LogP contribution is -2.33. The zero-order valence-electron chi connectivity index (χ0n) is 19.0. The fourth-order valence-corrected chi connectivity index (χ4v) is 4.56. The highest BCUT2D eigenvalue weighted by atomic mass is 18.2. The minimum Gasteiger partial charge on any atom is -0.489 e. The van der Waals surface area contributed by atoms with Gasteiger partial charge in [-0.25, -0.2) is 4.39 Å². The van der Waals surface area contributed by atoms with E-state index in [4.69, 9.17) is 4.74 Å². The number of pyridine rings is 1. The minimum atomic E-state index is -0.282. The number of rotatable bonds is 5. The van der Waals surface area contributed by atoms with Crippen LogP contribution in [0.5, 0.6) is 5.75 Å². The van der Waals surface area contributed by atoms with Gasteiger partial charge in [-0.1, -0.05) is 12.1 Å². The standard InChI is InChI=1S/C27H28FN3O2/c1-19(2)29-11-9-24-16-21-15-23(7-8-26(21)30(24)14-13-29)31-12-10-25(17-27(31)32)33-18-20-3-5-22(28)6-4-20/h3-8,10,12,15-17,19H,9,11,13-14,18H2,1-2H3/i28-1. The van der Waals surface area contributed by atoms with Gasteiger partial charge in [0, 0.05) is 66.6 Å². The van der Waals surface area contributed by atoms with Crippen LogP contribution in [0, 0.1) is 5.82 Å². The van der Waals surface area contributed by atoms with Crippen molar-refractivity contribution in [2.45, 2.75) is 39.5 Å². The first kappa shape index (κ1) is 21.5. The Morgan fingerprint density at radius 1 is 0.970 bits per heavy atom. The maximum absolute atomic E-state index is 13.0. The molecule has 0 bridgehead atoms. The average Bonchev–Trinajstić information content (AvgIpc) is 3.01. The first-order chi connectivity index (χ1) is 16.0. The van der Waals surface area contributed by atoms with Crippen LogP contribution in [0.2, 0.25) is 0 Å². The van der Waals surface area contributed by atoms with Gasteiger partial charge in [-0.2, -0.15) is 0 Å². The van der Waals surface area contributed by atoms with Crippen molar-refractivity contribution in [3.8, 4) is 11.4 Å². The maximum atomic E-state index is 13.0. The van der Waals surface area contributed by atoms with E-state index in [9.17, 15) is 9.18 Å². The predicted octanol–water partition coefficient (Wildman–Crippen LogP) is 4.78. The summed E-state index contributed by atoms with van der Waals surface area (Å²) in [4.78, 5) is 15.3. The SMILES string of the molecule is CC(C)N1CCc2cc3cc(-n4ccc(OCc5ccc([18F])cc5)cc4=O)ccc3n2CC1. The summed E-state index contributed by atoms with van der Waals surface area (Å²) in [7, 11) is 0. The molecule has 0 fully saturated rings. The largest absolute Gasteiger partial charge is 0.489 e. The first-order valence-corrected chi connectivity index (χ1v) is 11.4. The van der Waals surface area contributed by atoms with Crippen LogP contribution >= 0.6 is 0 Å². The molecule has 0 saturated carbocycles. The Labute approximate surface area is 192 Å². The van der Waals surface area contributed by atoms with E-state index in [1.54, 1.807) is 29.0 Å². The molecule has 1 aliphatic rings. The number of ether oxygens (including phenoxy) is 1. The van der Waals surface area contributed by atoms with Crippen molar-refractivity contribution in [2.75, 3.05) is 13.1 Å². The van der Waals surface area contributed by atoms with Crippen molar-refractivity contribution in [2.24, 2.45) is 0 Å². The second kappa shape index (κ2) is 8.87. The molecule has 0 radical (unpaired) electrons. The highest BCUT2D eigenvalue weighted by molar-refractivity contribution is 5.83. The molecular formula is C27H28FN3O2. The molecule has 0 spiro atoms. The van der Waals surface area contributed by atoms with Crippen molar-refractivity contribution < 1.29 is 9.13 Å². The number of hydrogen-bond acceptors (Lipinski definition) is 3. The fraction of sp³-hybridized carbons (Fsp3) is 0.296. The molecule has 0 unspecified atom stereocenters. The van der Waals surface area contributed by atoms with Crippen molar-refractivity contribution >= 4 is 10.9 Å². The van der Waals surface area contributed by atoms with E-state index in [2.05, 4.69) is 41.5 Å². The van der Waals surface area contributed by atoms with Crippen molar-refractivity contribution in [3.05, 3.63) is 94.3 Å². The summed E-state index contributed by atoms with van der Waals surface area (Å²) < 4.78 is 22.8. The van der Waals surface area contributed by atoms with E-state index in [0.717, 1.165) is 42.7 Å². The van der Waals surface area contributed by atoms with E-state index in [0.29, 0.717) is 11.8 Å². The Balaban J connectivity index is 1.36. The van der Waals surface area contributed by atoms with Gasteiger partial charge < -0.3 is 9.30 Å². The van der Waals surface area contributed by atoms with Crippen molar-refractivity contribution in [1.29, 1.82) is 0 Å². The van der Waals surface area contributed by atoms with Crippen molar-refractivity contribution in [1.82, 2.24) is 14.0 Å². The van der Waals surface area contributed by atoms with Gasteiger partial charge in [0.15, 0.2) is 0 Å². The summed E-state index contributed by atoms with van der Waals surface area (Å²) in [5.41, 5.74) is 4.09. The Morgan fingerprint density at radius 2 is 1.79 bits per heavy atom. The van der Waals surface area contributed by atoms with Gasteiger partial charge in [-0.3, -0.25) is 14.3 Å². The maximum Gasteiger partial charge on any atom is 0.258 e. The third kappa shape index (κ3) is 4.44. The van der Waals surface area contributed by atoms with Gasteiger partial charge >= 0.3 is 0 Å². The molecule has 3 heterocycles. The van der Waals surface area contributed by atoms with E-state index in [1.807, 2.05) is 6.07 Å². The molecule has 6 heteroatoms. The first-order valence-electron chi connectivity index (χ1n) is 11.4. The molecule has 170 valence electrons. The van der Waals surface area contributed by atoms with Gasteiger partial charge in [0.05, 0.1) is 0 Å². The summed E-state index contributed by atoms with van der Waals surface area (Å²) in [6, 6.07) is 18.4. The zero-order chi connectivity index (χ0) is 22.9. The smallest absolute Gasteiger partial charge is 0.258 e. The average molecular weight is 445 g/mol. The van der Waals surface area contributed by atoms with Crippen LogP contribution in [0.25, 0.3) is 16.6 Å². The Hall–Kier alpha value is -3.38. The van der Waals surface area contributed by atoms with E-state index >= 15 is 0 Å². The number of aromatic nitrogens is 2. The summed E-state index contributed by atoms with van der Waals surface area (Å²) in [5, 5.41) is 1.16. The lowest BCUT2D eigenvalue weighted by Gasteiger charge is -2.23. The number of nitrogens with zero attached hydrogens (tertiary/aromatic N) is 3. The van der Waals surface area contributed by atoms with Crippen LogP contribution in [0.4, 0.5) is 4.39 Å². The lowest BCUT2D eigenvalue weighted by atomic mass is 10.2. The number of benzene rings is 2. The molecule has 5 nitrogen and oxygen atoms in total. The Kier molecular flexibility index (Phi) is 5.77. The molecule has 33 heavy (non-hydrogen) atoms. The van der Waals surface area contributed by atoms with Crippen LogP contribution in [-0.2, 0) is 19.6 Å². The molecular weight excluding hydrogens is 416 g/mol. The monoisotopic (exact) mass is 444 g/mol. The minimum absolute atomic E-state index is 0.153. The molecule has 0 atom stereocenters. The highest BCUT2D eigenvalue weighted by Gasteiger charge is 2.18. The molecule has 5 rings (SSSR count). The van der Waals surface area contributed by atoms with E-state index in [-0.39, 0.29) is 18.0 Å². The third-order valence-electron chi connectivity index (χ3n) is 6.45. The predicted molar refractivity (Wildman–Crippen MR) is 129 cm³/mol. The topological polar surface area (TPSA) is 39.4 Å². The molecule has 0 saturated heterocycles. The molecule has 2 aromatic heterocycles. The van der Waals surface area contributed by atoms with Crippen LogP contribution in [-0.4, -0.2) is 33.2 Å². The summed E-state index contributed by atoms with van der Waals surface area (Å²) >= 11 is 0. The van der Waals surface area contributed by atoms with Gasteiger partial charge in [-0.05, 0) is 61.9 Å². The van der Waals surface area contributed by atoms with E-state index < -0.39 is 0 Å². The third-order valence-corrected chi connectivity index (χ3v) is 6.45. The Bertz CT molecular complexity index is 1340. The van der Waals surface area contributed by atoms with Gasteiger partial charge in [0.1, 0.15) is 18.2 Å². The van der Waals surface area contributed by atoms with Crippen LogP contribution in [0.3, 0.4) is 0 Å². The fourth-order valence-electron chi connectivity index (χ4n) is 4.56. The highest BCUT2D eigenvalue weighted by Crippen LogP contribution is 2.25. The van der Waals surface area contributed by atoms with Gasteiger partial charge in [0.25, 0.3) is 5.56 Å². The van der Waals surface area contributed by atoms with E-state index in [1.165, 1.54) is 29.4 Å². The quantitative estimate of drug-likeness (QED) is 0.445. The molecule has 1 aliphatic heterocycles. The van der Waals surface area contributed by atoms with Crippen LogP contribution < -0.4 is 10.3 Å².